The molecule has 3 heteroatoms. The van der Waals surface area contributed by atoms with Gasteiger partial charge in [0.05, 0.1) is 6.54 Å². The van der Waals surface area contributed by atoms with Crippen molar-refractivity contribution < 1.29 is 4.79 Å². The Morgan fingerprint density at radius 3 is 2.47 bits per heavy atom. The number of rotatable bonds is 6. The molecule has 1 N–H and O–H groups in total. The molecule has 2 saturated carbocycles. The van der Waals surface area contributed by atoms with Gasteiger partial charge in [-0.15, -0.1) is 0 Å². The molecular weight excluding hydrogens is 212 g/mol. The van der Waals surface area contributed by atoms with Crippen LogP contribution in [0.1, 0.15) is 51.9 Å². The minimum Gasteiger partial charge on any atom is -0.355 e. The van der Waals surface area contributed by atoms with E-state index in [0.717, 1.165) is 19.0 Å². The summed E-state index contributed by atoms with van der Waals surface area (Å²) in [4.78, 5) is 14.2. The van der Waals surface area contributed by atoms with Crippen molar-refractivity contribution in [2.45, 2.75) is 57.9 Å². The first-order valence-electron chi connectivity index (χ1n) is 7.30. The Morgan fingerprint density at radius 2 is 1.88 bits per heavy atom. The molecule has 2 aliphatic carbocycles. The second-order valence-electron chi connectivity index (χ2n) is 5.60. The van der Waals surface area contributed by atoms with Crippen molar-refractivity contribution in [3.05, 3.63) is 0 Å². The van der Waals surface area contributed by atoms with E-state index in [1.165, 1.54) is 44.9 Å². The van der Waals surface area contributed by atoms with Gasteiger partial charge >= 0.3 is 0 Å². The summed E-state index contributed by atoms with van der Waals surface area (Å²) in [5, 5.41) is 3.07. The molecule has 1 amide bonds. The zero-order valence-electron chi connectivity index (χ0n) is 11.1. The van der Waals surface area contributed by atoms with Crippen molar-refractivity contribution in [2.75, 3.05) is 19.6 Å². The second-order valence-corrected chi connectivity index (χ2v) is 5.60. The van der Waals surface area contributed by atoms with E-state index in [9.17, 15) is 4.79 Å². The SMILES string of the molecule is CCN(CC(=O)NCC1CC1)C1CCCCC1. The molecule has 0 saturated heterocycles. The lowest BCUT2D eigenvalue weighted by molar-refractivity contribution is -0.123. The van der Waals surface area contributed by atoms with Crippen LogP contribution in [-0.4, -0.2) is 36.5 Å². The van der Waals surface area contributed by atoms with Crippen LogP contribution in [0.25, 0.3) is 0 Å². The number of likely N-dealkylation sites (N-methyl/N-ethyl adjacent to an activating group) is 1. The van der Waals surface area contributed by atoms with E-state index in [1.54, 1.807) is 0 Å². The van der Waals surface area contributed by atoms with Crippen LogP contribution in [0.15, 0.2) is 0 Å². The fraction of sp³-hybridized carbons (Fsp3) is 0.929. The Kier molecular flexibility index (Phi) is 4.84. The van der Waals surface area contributed by atoms with E-state index in [0.29, 0.717) is 12.6 Å². The second kappa shape index (κ2) is 6.39. The summed E-state index contributed by atoms with van der Waals surface area (Å²) in [5.41, 5.74) is 0. The van der Waals surface area contributed by atoms with E-state index in [4.69, 9.17) is 0 Å². The fourth-order valence-electron chi connectivity index (χ4n) is 2.77. The Balaban J connectivity index is 1.70. The molecule has 0 aliphatic heterocycles. The monoisotopic (exact) mass is 238 g/mol. The zero-order valence-corrected chi connectivity index (χ0v) is 11.1. The highest BCUT2D eigenvalue weighted by molar-refractivity contribution is 5.78. The lowest BCUT2D eigenvalue weighted by Gasteiger charge is -2.32. The third kappa shape index (κ3) is 4.30. The number of carbonyl (C=O) groups is 1. The van der Waals surface area contributed by atoms with Crippen molar-refractivity contribution in [2.24, 2.45) is 5.92 Å². The van der Waals surface area contributed by atoms with Crippen molar-refractivity contribution in [1.29, 1.82) is 0 Å². The van der Waals surface area contributed by atoms with Crippen LogP contribution in [0.5, 0.6) is 0 Å². The lowest BCUT2D eigenvalue weighted by atomic mass is 9.94. The number of nitrogens with zero attached hydrogens (tertiary/aromatic N) is 1. The molecule has 0 aromatic rings. The summed E-state index contributed by atoms with van der Waals surface area (Å²) in [6, 6.07) is 0.653. The molecule has 2 fully saturated rings. The molecule has 0 heterocycles. The van der Waals surface area contributed by atoms with E-state index in [2.05, 4.69) is 17.1 Å². The van der Waals surface area contributed by atoms with Crippen LogP contribution in [0.2, 0.25) is 0 Å². The standard InChI is InChI=1S/C14H26N2O/c1-2-16(13-6-4-3-5-7-13)11-14(17)15-10-12-8-9-12/h12-13H,2-11H2,1H3,(H,15,17). The summed E-state index contributed by atoms with van der Waals surface area (Å²) in [6.07, 6.45) is 9.23. The number of amides is 1. The average molecular weight is 238 g/mol. The molecule has 2 rings (SSSR count). The Hall–Kier alpha value is -0.570. The van der Waals surface area contributed by atoms with Crippen LogP contribution in [0, 0.1) is 5.92 Å². The third-order valence-electron chi connectivity index (χ3n) is 4.13. The Labute approximate surface area is 105 Å². The van der Waals surface area contributed by atoms with Crippen LogP contribution < -0.4 is 5.32 Å². The van der Waals surface area contributed by atoms with Gasteiger partial charge in [-0.1, -0.05) is 26.2 Å². The smallest absolute Gasteiger partial charge is 0.234 e. The van der Waals surface area contributed by atoms with Crippen molar-refractivity contribution in [3.8, 4) is 0 Å². The van der Waals surface area contributed by atoms with Gasteiger partial charge in [0.2, 0.25) is 5.91 Å². The van der Waals surface area contributed by atoms with Crippen LogP contribution in [0.4, 0.5) is 0 Å². The average Bonchev–Trinajstić information content (AvgIpc) is 3.18. The highest BCUT2D eigenvalue weighted by Gasteiger charge is 2.24. The highest BCUT2D eigenvalue weighted by atomic mass is 16.2. The molecule has 0 atom stereocenters. The number of hydrogen-bond acceptors (Lipinski definition) is 2. The molecule has 98 valence electrons. The van der Waals surface area contributed by atoms with Crippen molar-refractivity contribution >= 4 is 5.91 Å². The Morgan fingerprint density at radius 1 is 1.18 bits per heavy atom. The van der Waals surface area contributed by atoms with Gasteiger partial charge in [0.15, 0.2) is 0 Å². The first kappa shape index (κ1) is 12.9. The summed E-state index contributed by atoms with van der Waals surface area (Å²) in [7, 11) is 0. The molecule has 17 heavy (non-hydrogen) atoms. The lowest BCUT2D eigenvalue weighted by Crippen LogP contribution is -2.44. The summed E-state index contributed by atoms with van der Waals surface area (Å²) in [5.74, 6) is 1.01. The zero-order chi connectivity index (χ0) is 12.1. The predicted molar refractivity (Wildman–Crippen MR) is 69.9 cm³/mol. The van der Waals surface area contributed by atoms with Gasteiger partial charge < -0.3 is 5.32 Å². The molecule has 2 aliphatic rings. The largest absolute Gasteiger partial charge is 0.355 e. The number of nitrogens with one attached hydrogen (secondary N) is 1. The van der Waals surface area contributed by atoms with Crippen molar-refractivity contribution in [1.82, 2.24) is 10.2 Å². The molecule has 0 aromatic heterocycles. The molecule has 0 radical (unpaired) electrons. The van der Waals surface area contributed by atoms with Crippen LogP contribution in [-0.2, 0) is 4.79 Å². The molecule has 0 unspecified atom stereocenters. The quantitative estimate of drug-likeness (QED) is 0.769. The van der Waals surface area contributed by atoms with Gasteiger partial charge in [-0.3, -0.25) is 9.69 Å². The molecule has 0 aromatic carbocycles. The predicted octanol–water partition coefficient (Wildman–Crippen LogP) is 2.17. The van der Waals surface area contributed by atoms with Gasteiger partial charge in [0.25, 0.3) is 0 Å². The van der Waals surface area contributed by atoms with Gasteiger partial charge in [0, 0.05) is 12.6 Å². The molecule has 3 nitrogen and oxygen atoms in total. The van der Waals surface area contributed by atoms with E-state index < -0.39 is 0 Å². The summed E-state index contributed by atoms with van der Waals surface area (Å²) in [6.45, 7) is 4.68. The van der Waals surface area contributed by atoms with Crippen molar-refractivity contribution in [3.63, 3.8) is 0 Å². The third-order valence-corrected chi connectivity index (χ3v) is 4.13. The number of carbonyl (C=O) groups excluding carboxylic acids is 1. The minimum atomic E-state index is 0.226. The van der Waals surface area contributed by atoms with Gasteiger partial charge in [-0.05, 0) is 38.1 Å². The summed E-state index contributed by atoms with van der Waals surface area (Å²) >= 11 is 0. The molecular formula is C14H26N2O. The summed E-state index contributed by atoms with van der Waals surface area (Å²) < 4.78 is 0. The molecule has 0 spiro atoms. The number of hydrogen-bond donors (Lipinski definition) is 1. The van der Waals surface area contributed by atoms with Crippen LogP contribution in [0.3, 0.4) is 0 Å². The Bertz CT molecular complexity index is 245. The van der Waals surface area contributed by atoms with Crippen LogP contribution >= 0.6 is 0 Å². The molecule has 0 bridgehead atoms. The first-order valence-corrected chi connectivity index (χ1v) is 7.30. The minimum absolute atomic E-state index is 0.226. The van der Waals surface area contributed by atoms with E-state index >= 15 is 0 Å². The highest BCUT2D eigenvalue weighted by Crippen LogP contribution is 2.27. The van der Waals surface area contributed by atoms with E-state index in [-0.39, 0.29) is 5.91 Å². The van der Waals surface area contributed by atoms with Gasteiger partial charge in [0.1, 0.15) is 0 Å². The van der Waals surface area contributed by atoms with Gasteiger partial charge in [-0.25, -0.2) is 0 Å². The topological polar surface area (TPSA) is 32.3 Å². The maximum absolute atomic E-state index is 11.8. The van der Waals surface area contributed by atoms with E-state index in [1.807, 2.05) is 0 Å². The maximum Gasteiger partial charge on any atom is 0.234 e. The first-order chi connectivity index (χ1) is 8.29. The maximum atomic E-state index is 11.8. The normalized spacial score (nSPS) is 21.8. The van der Waals surface area contributed by atoms with Gasteiger partial charge in [-0.2, -0.15) is 0 Å². The fourth-order valence-corrected chi connectivity index (χ4v) is 2.77.